The van der Waals surface area contributed by atoms with Crippen LogP contribution in [0.25, 0.3) is 0 Å². The molecule has 2 aromatic rings. The molecular formula is C17H17F2N3O2S. The van der Waals surface area contributed by atoms with E-state index >= 15 is 0 Å². The predicted molar refractivity (Wildman–Crippen MR) is 92.3 cm³/mol. The molecular weight excluding hydrogens is 348 g/mol. The van der Waals surface area contributed by atoms with Crippen LogP contribution in [-0.2, 0) is 0 Å². The van der Waals surface area contributed by atoms with E-state index in [9.17, 15) is 18.7 Å². The van der Waals surface area contributed by atoms with Gasteiger partial charge >= 0.3 is 0 Å². The van der Waals surface area contributed by atoms with Crippen molar-refractivity contribution >= 4 is 23.4 Å². The first-order valence-electron chi connectivity index (χ1n) is 7.78. The molecule has 25 heavy (non-hydrogen) atoms. The fourth-order valence-electron chi connectivity index (χ4n) is 2.78. The highest BCUT2D eigenvalue weighted by Gasteiger charge is 2.26. The van der Waals surface area contributed by atoms with E-state index in [1.54, 1.807) is 23.1 Å². The second-order valence-electron chi connectivity index (χ2n) is 5.50. The van der Waals surface area contributed by atoms with Crippen molar-refractivity contribution in [1.82, 2.24) is 9.88 Å². The number of phenols is 1. The number of halogens is 2. The Labute approximate surface area is 148 Å². The average Bonchev–Trinajstić information content (AvgIpc) is 2.62. The van der Waals surface area contributed by atoms with Gasteiger partial charge in [-0.15, -0.1) is 0 Å². The lowest BCUT2D eigenvalue weighted by atomic mass is 10.2. The summed E-state index contributed by atoms with van der Waals surface area (Å²) in [6.07, 6.45) is 1.40. The maximum absolute atomic E-state index is 12.7. The molecule has 0 spiro atoms. The highest BCUT2D eigenvalue weighted by Crippen LogP contribution is 2.29. The lowest BCUT2D eigenvalue weighted by molar-refractivity contribution is 0.0742. The molecule has 1 aromatic carbocycles. The minimum Gasteiger partial charge on any atom is -0.506 e. The topological polar surface area (TPSA) is 56.7 Å². The molecule has 132 valence electrons. The molecule has 0 unspecified atom stereocenters. The minimum absolute atomic E-state index is 0.0469. The standard InChI is InChI=1S/C17H17F2N3O2S/c18-17(19)25-15-12(4-3-7-20-15)16(24)22-10-8-21(9-11-22)13-5-1-2-6-14(13)23/h1-7,17,23H,8-11H2. The number of anilines is 1. The number of piperazine rings is 1. The highest BCUT2D eigenvalue weighted by molar-refractivity contribution is 7.99. The summed E-state index contributed by atoms with van der Waals surface area (Å²) in [6, 6.07) is 10.1. The van der Waals surface area contributed by atoms with Crippen molar-refractivity contribution in [2.24, 2.45) is 0 Å². The fraction of sp³-hybridized carbons (Fsp3) is 0.294. The Morgan fingerprint density at radius 1 is 1.12 bits per heavy atom. The number of hydrogen-bond donors (Lipinski definition) is 1. The van der Waals surface area contributed by atoms with Gasteiger partial charge in [-0.2, -0.15) is 8.78 Å². The van der Waals surface area contributed by atoms with Gasteiger partial charge in [-0.1, -0.05) is 12.1 Å². The number of pyridine rings is 1. The van der Waals surface area contributed by atoms with Crippen molar-refractivity contribution in [2.75, 3.05) is 31.1 Å². The van der Waals surface area contributed by atoms with Crippen LogP contribution in [0.1, 0.15) is 10.4 Å². The van der Waals surface area contributed by atoms with Crippen LogP contribution in [0.15, 0.2) is 47.6 Å². The van der Waals surface area contributed by atoms with Crippen LogP contribution in [0.5, 0.6) is 5.75 Å². The van der Waals surface area contributed by atoms with E-state index in [2.05, 4.69) is 4.98 Å². The molecule has 0 atom stereocenters. The number of hydrogen-bond acceptors (Lipinski definition) is 5. The number of phenolic OH excluding ortho intramolecular Hbond substituents is 1. The number of nitrogens with zero attached hydrogens (tertiary/aromatic N) is 3. The SMILES string of the molecule is O=C(c1cccnc1SC(F)F)N1CCN(c2ccccc2O)CC1. The molecule has 1 fully saturated rings. The first-order chi connectivity index (χ1) is 12.1. The molecule has 1 N–H and O–H groups in total. The first kappa shape index (κ1) is 17.5. The van der Waals surface area contributed by atoms with Crippen LogP contribution in [0, 0.1) is 0 Å². The molecule has 0 bridgehead atoms. The van der Waals surface area contributed by atoms with Crippen molar-refractivity contribution in [3.05, 3.63) is 48.2 Å². The van der Waals surface area contributed by atoms with E-state index in [4.69, 9.17) is 0 Å². The van der Waals surface area contributed by atoms with Crippen LogP contribution in [0.3, 0.4) is 0 Å². The lowest BCUT2D eigenvalue weighted by Crippen LogP contribution is -2.49. The third-order valence-corrected chi connectivity index (χ3v) is 4.72. The Morgan fingerprint density at radius 2 is 1.84 bits per heavy atom. The van der Waals surface area contributed by atoms with E-state index in [-0.39, 0.29) is 34.0 Å². The summed E-state index contributed by atoms with van der Waals surface area (Å²) in [5, 5.41) is 9.98. The summed E-state index contributed by atoms with van der Waals surface area (Å²) in [5.74, 6) is -2.72. The smallest absolute Gasteiger partial charge is 0.290 e. The molecule has 8 heteroatoms. The molecule has 1 aromatic heterocycles. The molecule has 1 aliphatic rings. The second-order valence-corrected chi connectivity index (χ2v) is 6.48. The predicted octanol–water partition coefficient (Wildman–Crippen LogP) is 3.06. The van der Waals surface area contributed by atoms with E-state index < -0.39 is 5.76 Å². The average molecular weight is 365 g/mol. The Bertz CT molecular complexity index is 752. The van der Waals surface area contributed by atoms with Gasteiger partial charge in [0.15, 0.2) is 0 Å². The highest BCUT2D eigenvalue weighted by atomic mass is 32.2. The van der Waals surface area contributed by atoms with Gasteiger partial charge < -0.3 is 14.9 Å². The van der Waals surface area contributed by atoms with Crippen LogP contribution >= 0.6 is 11.8 Å². The molecule has 1 amide bonds. The van der Waals surface area contributed by atoms with Gasteiger partial charge in [0.25, 0.3) is 11.7 Å². The van der Waals surface area contributed by atoms with E-state index in [1.165, 1.54) is 12.3 Å². The maximum atomic E-state index is 12.7. The first-order valence-corrected chi connectivity index (χ1v) is 8.66. The van der Waals surface area contributed by atoms with Gasteiger partial charge in [-0.3, -0.25) is 4.79 Å². The number of para-hydroxylation sites is 2. The molecule has 2 heterocycles. The Hall–Kier alpha value is -2.35. The number of alkyl halides is 2. The van der Waals surface area contributed by atoms with Crippen LogP contribution in [0.4, 0.5) is 14.5 Å². The number of benzene rings is 1. The summed E-state index contributed by atoms with van der Waals surface area (Å²) >= 11 is 0.281. The fourth-order valence-corrected chi connectivity index (χ4v) is 3.36. The Morgan fingerprint density at radius 3 is 2.52 bits per heavy atom. The third kappa shape index (κ3) is 4.01. The largest absolute Gasteiger partial charge is 0.506 e. The molecule has 1 saturated heterocycles. The summed E-state index contributed by atoms with van der Waals surface area (Å²) in [7, 11) is 0. The Kier molecular flexibility index (Phi) is 5.37. The van der Waals surface area contributed by atoms with Gasteiger partial charge in [0.05, 0.1) is 11.3 Å². The van der Waals surface area contributed by atoms with Crippen molar-refractivity contribution in [3.8, 4) is 5.75 Å². The van der Waals surface area contributed by atoms with Crippen LogP contribution in [-0.4, -0.2) is 52.8 Å². The Balaban J connectivity index is 1.69. The number of carbonyl (C=O) groups excluding carboxylic acids is 1. The van der Waals surface area contributed by atoms with E-state index in [0.29, 0.717) is 26.2 Å². The minimum atomic E-state index is -2.63. The van der Waals surface area contributed by atoms with Gasteiger partial charge in [-0.05, 0) is 36.0 Å². The summed E-state index contributed by atoms with van der Waals surface area (Å²) in [5.41, 5.74) is 0.925. The number of amides is 1. The molecule has 5 nitrogen and oxygen atoms in total. The van der Waals surface area contributed by atoms with Gasteiger partial charge in [0.2, 0.25) is 0 Å². The molecule has 0 saturated carbocycles. The number of rotatable bonds is 4. The lowest BCUT2D eigenvalue weighted by Gasteiger charge is -2.36. The second kappa shape index (κ2) is 7.69. The van der Waals surface area contributed by atoms with E-state index in [0.717, 1.165) is 5.69 Å². The number of aromatic nitrogens is 1. The summed E-state index contributed by atoms with van der Waals surface area (Å²) in [6.45, 7) is 2.00. The maximum Gasteiger partial charge on any atom is 0.290 e. The van der Waals surface area contributed by atoms with Crippen molar-refractivity contribution < 1.29 is 18.7 Å². The normalized spacial score (nSPS) is 14.8. The third-order valence-electron chi connectivity index (χ3n) is 3.99. The van der Waals surface area contributed by atoms with Gasteiger partial charge in [0.1, 0.15) is 10.8 Å². The van der Waals surface area contributed by atoms with Crippen LogP contribution in [0.2, 0.25) is 0 Å². The molecule has 0 radical (unpaired) electrons. The summed E-state index contributed by atoms with van der Waals surface area (Å²) in [4.78, 5) is 20.2. The van der Waals surface area contributed by atoms with Crippen LogP contribution < -0.4 is 4.90 Å². The molecule has 3 rings (SSSR count). The molecule has 1 aliphatic heterocycles. The van der Waals surface area contributed by atoms with E-state index in [1.807, 2.05) is 17.0 Å². The number of thioether (sulfide) groups is 1. The quantitative estimate of drug-likeness (QED) is 0.844. The number of carbonyl (C=O) groups is 1. The van der Waals surface area contributed by atoms with Gasteiger partial charge in [0, 0.05) is 32.4 Å². The summed E-state index contributed by atoms with van der Waals surface area (Å²) < 4.78 is 25.3. The van der Waals surface area contributed by atoms with Crippen molar-refractivity contribution in [1.29, 1.82) is 0 Å². The zero-order valence-corrected chi connectivity index (χ0v) is 14.1. The zero-order valence-electron chi connectivity index (χ0n) is 13.3. The number of aromatic hydroxyl groups is 1. The van der Waals surface area contributed by atoms with Crippen molar-refractivity contribution in [2.45, 2.75) is 10.8 Å². The van der Waals surface area contributed by atoms with Gasteiger partial charge in [-0.25, -0.2) is 4.98 Å². The zero-order chi connectivity index (χ0) is 17.8. The molecule has 0 aliphatic carbocycles. The van der Waals surface area contributed by atoms with Crippen molar-refractivity contribution in [3.63, 3.8) is 0 Å². The monoisotopic (exact) mass is 365 g/mol.